The van der Waals surface area contributed by atoms with Gasteiger partial charge in [-0.1, -0.05) is 0 Å². The number of aryl methyl sites for hydroxylation is 2. The van der Waals surface area contributed by atoms with E-state index in [4.69, 9.17) is 5.73 Å². The monoisotopic (exact) mass is 234 g/mol. The number of nitrogens with one attached hydrogen (secondary N) is 2. The van der Waals surface area contributed by atoms with E-state index < -0.39 is 0 Å². The maximum Gasteiger partial charge on any atom is 0.272 e. The van der Waals surface area contributed by atoms with Crippen LogP contribution in [-0.4, -0.2) is 25.7 Å². The van der Waals surface area contributed by atoms with Gasteiger partial charge in [0.2, 0.25) is 0 Å². The van der Waals surface area contributed by atoms with E-state index in [1.54, 1.807) is 26.4 Å². The predicted molar refractivity (Wildman–Crippen MR) is 62.1 cm³/mol. The minimum Gasteiger partial charge on any atom is -0.395 e. The number of hydrogen-bond donors (Lipinski definition) is 3. The number of carbonyl (C=O) groups excluding carboxylic acids is 1. The number of hydrogen-bond acceptors (Lipinski definition) is 4. The summed E-state index contributed by atoms with van der Waals surface area (Å²) in [6.07, 6.45) is 3.33. The first-order valence-electron chi connectivity index (χ1n) is 5.15. The van der Waals surface area contributed by atoms with Crippen molar-refractivity contribution in [2.45, 2.75) is 13.5 Å². The molecule has 1 amide bonds. The molecule has 0 unspecified atom stereocenters. The van der Waals surface area contributed by atoms with Crippen LogP contribution < -0.4 is 11.1 Å². The molecule has 0 bridgehead atoms. The summed E-state index contributed by atoms with van der Waals surface area (Å²) in [4.78, 5) is 18.8. The highest BCUT2D eigenvalue weighted by Gasteiger charge is 2.17. The van der Waals surface area contributed by atoms with E-state index in [2.05, 4.69) is 20.4 Å². The minimum atomic E-state index is -0.262. The van der Waals surface area contributed by atoms with E-state index >= 15 is 0 Å². The Balaban J connectivity index is 2.10. The number of nitrogens with zero attached hydrogens (tertiary/aromatic N) is 3. The zero-order chi connectivity index (χ0) is 12.4. The molecule has 0 fully saturated rings. The van der Waals surface area contributed by atoms with E-state index in [1.165, 1.54) is 4.68 Å². The summed E-state index contributed by atoms with van der Waals surface area (Å²) in [5, 5.41) is 6.81. The van der Waals surface area contributed by atoms with Gasteiger partial charge in [0.1, 0.15) is 11.5 Å². The van der Waals surface area contributed by atoms with Gasteiger partial charge in [-0.25, -0.2) is 4.98 Å². The van der Waals surface area contributed by atoms with Crippen molar-refractivity contribution in [3.63, 3.8) is 0 Å². The van der Waals surface area contributed by atoms with Gasteiger partial charge >= 0.3 is 0 Å². The topological polar surface area (TPSA) is 102 Å². The molecule has 0 aliphatic rings. The summed E-state index contributed by atoms with van der Waals surface area (Å²) < 4.78 is 1.47. The average molecular weight is 234 g/mol. The Bertz CT molecular complexity index is 527. The van der Waals surface area contributed by atoms with E-state index in [0.29, 0.717) is 29.4 Å². The maximum atomic E-state index is 11.9. The van der Waals surface area contributed by atoms with Gasteiger partial charge in [0.15, 0.2) is 0 Å². The highest BCUT2D eigenvalue weighted by atomic mass is 16.2. The molecule has 0 aliphatic heterocycles. The lowest BCUT2D eigenvalue weighted by molar-refractivity contribution is 0.0941. The van der Waals surface area contributed by atoms with E-state index in [-0.39, 0.29) is 5.91 Å². The van der Waals surface area contributed by atoms with Crippen LogP contribution in [0, 0.1) is 6.92 Å². The lowest BCUT2D eigenvalue weighted by Gasteiger charge is -2.04. The Labute approximate surface area is 98.0 Å². The summed E-state index contributed by atoms with van der Waals surface area (Å²) in [6, 6.07) is 0. The van der Waals surface area contributed by atoms with E-state index in [0.717, 1.165) is 0 Å². The molecule has 0 saturated heterocycles. The number of rotatable bonds is 3. The van der Waals surface area contributed by atoms with Crippen LogP contribution in [0.5, 0.6) is 0 Å². The molecule has 17 heavy (non-hydrogen) atoms. The Kier molecular flexibility index (Phi) is 2.82. The molecule has 0 atom stereocenters. The summed E-state index contributed by atoms with van der Waals surface area (Å²) in [6.45, 7) is 2.09. The van der Waals surface area contributed by atoms with Crippen molar-refractivity contribution in [3.05, 3.63) is 29.6 Å². The molecule has 2 heterocycles. The predicted octanol–water partition coefficient (Wildman–Crippen LogP) is -0.0362. The van der Waals surface area contributed by atoms with Crippen molar-refractivity contribution in [2.75, 3.05) is 5.73 Å². The first-order chi connectivity index (χ1) is 8.09. The Morgan fingerprint density at radius 3 is 2.94 bits per heavy atom. The molecular weight excluding hydrogens is 220 g/mol. The number of nitrogen functional groups attached to an aromatic ring is 1. The Hall–Kier alpha value is -2.31. The molecule has 7 nitrogen and oxygen atoms in total. The van der Waals surface area contributed by atoms with Crippen LogP contribution in [0.1, 0.15) is 22.0 Å². The maximum absolute atomic E-state index is 11.9. The van der Waals surface area contributed by atoms with Gasteiger partial charge in [-0.15, -0.1) is 0 Å². The summed E-state index contributed by atoms with van der Waals surface area (Å²) in [5.74, 6) is 0.429. The second kappa shape index (κ2) is 4.28. The third-order valence-electron chi connectivity index (χ3n) is 2.45. The summed E-state index contributed by atoms with van der Waals surface area (Å²) in [7, 11) is 1.69. The molecule has 0 saturated carbocycles. The molecule has 0 spiro atoms. The van der Waals surface area contributed by atoms with Crippen molar-refractivity contribution < 1.29 is 4.79 Å². The van der Waals surface area contributed by atoms with Crippen LogP contribution in [0.2, 0.25) is 0 Å². The van der Waals surface area contributed by atoms with E-state index in [9.17, 15) is 4.79 Å². The van der Waals surface area contributed by atoms with Gasteiger partial charge in [-0.3, -0.25) is 9.48 Å². The smallest absolute Gasteiger partial charge is 0.272 e. The molecule has 4 N–H and O–H groups in total. The Morgan fingerprint density at radius 1 is 1.65 bits per heavy atom. The number of carbonyl (C=O) groups is 1. The van der Waals surface area contributed by atoms with Crippen molar-refractivity contribution in [2.24, 2.45) is 7.05 Å². The number of H-pyrrole nitrogens is 1. The van der Waals surface area contributed by atoms with Crippen LogP contribution in [0.4, 0.5) is 5.69 Å². The molecule has 2 aromatic heterocycles. The fraction of sp³-hybridized carbons (Fsp3) is 0.300. The number of amides is 1. The number of nitrogens with two attached hydrogens (primary N) is 1. The normalized spacial score (nSPS) is 10.5. The van der Waals surface area contributed by atoms with Crippen molar-refractivity contribution in [3.8, 4) is 0 Å². The van der Waals surface area contributed by atoms with Crippen LogP contribution in [0.3, 0.4) is 0 Å². The molecule has 2 rings (SSSR count). The number of aromatic nitrogens is 4. The molecular formula is C10H14N6O. The molecule has 7 heteroatoms. The summed E-state index contributed by atoms with van der Waals surface area (Å²) in [5.41, 5.74) is 7.21. The highest BCUT2D eigenvalue weighted by Crippen LogP contribution is 2.14. The van der Waals surface area contributed by atoms with Gasteiger partial charge in [0.25, 0.3) is 5.91 Å². The zero-order valence-electron chi connectivity index (χ0n) is 9.69. The van der Waals surface area contributed by atoms with Gasteiger partial charge < -0.3 is 16.0 Å². The minimum absolute atomic E-state index is 0.262. The fourth-order valence-corrected chi connectivity index (χ4v) is 1.59. The summed E-state index contributed by atoms with van der Waals surface area (Å²) >= 11 is 0. The number of imidazole rings is 1. The van der Waals surface area contributed by atoms with Crippen LogP contribution in [0.15, 0.2) is 12.4 Å². The van der Waals surface area contributed by atoms with Crippen LogP contribution in [-0.2, 0) is 13.6 Å². The molecule has 0 aromatic carbocycles. The lowest BCUT2D eigenvalue weighted by atomic mass is 10.3. The lowest BCUT2D eigenvalue weighted by Crippen LogP contribution is -2.26. The standard InChI is InChI=1S/C10H14N6O/c1-6-8(11)9(16(2)15-6)10(17)14-5-7-12-3-4-13-7/h3-4H,5,11H2,1-2H3,(H,12,13)(H,14,17). The molecule has 90 valence electrons. The molecule has 0 aliphatic carbocycles. The Morgan fingerprint density at radius 2 is 2.41 bits per heavy atom. The molecule has 0 radical (unpaired) electrons. The molecule has 2 aromatic rings. The van der Waals surface area contributed by atoms with Crippen molar-refractivity contribution >= 4 is 11.6 Å². The van der Waals surface area contributed by atoms with Crippen LogP contribution >= 0.6 is 0 Å². The first-order valence-corrected chi connectivity index (χ1v) is 5.15. The SMILES string of the molecule is Cc1nn(C)c(C(=O)NCc2ncc[nH]2)c1N. The highest BCUT2D eigenvalue weighted by molar-refractivity contribution is 5.97. The van der Waals surface area contributed by atoms with Gasteiger partial charge in [0.05, 0.1) is 17.9 Å². The third-order valence-corrected chi connectivity index (χ3v) is 2.45. The van der Waals surface area contributed by atoms with Gasteiger partial charge in [-0.2, -0.15) is 5.10 Å². The van der Waals surface area contributed by atoms with Gasteiger partial charge in [0, 0.05) is 19.4 Å². The van der Waals surface area contributed by atoms with Crippen molar-refractivity contribution in [1.29, 1.82) is 0 Å². The fourth-order valence-electron chi connectivity index (χ4n) is 1.59. The third kappa shape index (κ3) is 2.12. The van der Waals surface area contributed by atoms with E-state index in [1.807, 2.05) is 0 Å². The number of anilines is 1. The second-order valence-electron chi connectivity index (χ2n) is 3.69. The average Bonchev–Trinajstić information content (AvgIpc) is 2.86. The zero-order valence-corrected chi connectivity index (χ0v) is 9.69. The largest absolute Gasteiger partial charge is 0.395 e. The second-order valence-corrected chi connectivity index (χ2v) is 3.69. The van der Waals surface area contributed by atoms with Crippen molar-refractivity contribution in [1.82, 2.24) is 25.1 Å². The van der Waals surface area contributed by atoms with Crippen LogP contribution in [0.25, 0.3) is 0 Å². The quantitative estimate of drug-likeness (QED) is 0.693. The number of aromatic amines is 1. The first kappa shape index (κ1) is 11.2. The van der Waals surface area contributed by atoms with Gasteiger partial charge in [-0.05, 0) is 6.92 Å².